The zero-order chi connectivity index (χ0) is 18.7. The number of nitrogens with zero attached hydrogens (tertiary/aromatic N) is 2. The van der Waals surface area contributed by atoms with Crippen LogP contribution in [-0.2, 0) is 9.53 Å². The van der Waals surface area contributed by atoms with Crippen LogP contribution in [0.4, 0.5) is 0 Å². The summed E-state index contributed by atoms with van der Waals surface area (Å²) < 4.78 is 7.03. The van der Waals surface area contributed by atoms with Crippen LogP contribution in [0.25, 0.3) is 15.9 Å². The van der Waals surface area contributed by atoms with Gasteiger partial charge in [0.2, 0.25) is 0 Å². The number of thiophene rings is 1. The summed E-state index contributed by atoms with van der Waals surface area (Å²) in [7, 11) is 0. The van der Waals surface area contributed by atoms with Crippen molar-refractivity contribution in [3.63, 3.8) is 0 Å². The molecule has 3 rings (SSSR count). The summed E-state index contributed by atoms with van der Waals surface area (Å²) in [6, 6.07) is 5.73. The fourth-order valence-electron chi connectivity index (χ4n) is 2.69. The Bertz CT molecular complexity index is 1010. The molecule has 0 bridgehead atoms. The van der Waals surface area contributed by atoms with Gasteiger partial charge in [-0.05, 0) is 37.6 Å². The van der Waals surface area contributed by atoms with Gasteiger partial charge in [-0.3, -0.25) is 4.79 Å². The number of esters is 1. The molecule has 0 atom stereocenters. The molecule has 1 amide bonds. The van der Waals surface area contributed by atoms with Crippen LogP contribution in [0.1, 0.15) is 20.9 Å². The van der Waals surface area contributed by atoms with Gasteiger partial charge in [0.05, 0.1) is 12.2 Å². The lowest BCUT2D eigenvalue weighted by molar-refractivity contribution is -0.123. The van der Waals surface area contributed by atoms with Gasteiger partial charge in [-0.15, -0.1) is 17.8 Å². The van der Waals surface area contributed by atoms with Crippen LogP contribution in [0.2, 0.25) is 0 Å². The Balaban J connectivity index is 1.99. The third-order valence-corrected chi connectivity index (χ3v) is 4.79. The van der Waals surface area contributed by atoms with Crippen molar-refractivity contribution in [3.05, 3.63) is 46.7 Å². The average molecular weight is 367 g/mol. The molecule has 0 unspecified atom stereocenters. The van der Waals surface area contributed by atoms with Crippen molar-refractivity contribution in [1.82, 2.24) is 14.9 Å². The van der Waals surface area contributed by atoms with E-state index in [0.717, 1.165) is 21.5 Å². The Kier molecular flexibility index (Phi) is 5.05. The maximum Gasteiger partial charge on any atom is 0.351 e. The first-order valence-electron chi connectivity index (χ1n) is 7.92. The van der Waals surface area contributed by atoms with Crippen molar-refractivity contribution in [2.75, 3.05) is 13.2 Å². The molecule has 0 saturated heterocycles. The van der Waals surface area contributed by atoms with Crippen LogP contribution in [0.5, 0.6) is 0 Å². The summed E-state index contributed by atoms with van der Waals surface area (Å²) in [6.07, 6.45) is 8.80. The summed E-state index contributed by atoms with van der Waals surface area (Å²) in [5.74, 6) is 1.29. The highest BCUT2D eigenvalue weighted by molar-refractivity contribution is 7.21. The average Bonchev–Trinajstić information content (AvgIpc) is 3.24. The molecule has 3 aromatic heterocycles. The van der Waals surface area contributed by atoms with Gasteiger partial charge >= 0.3 is 5.97 Å². The molecule has 3 aromatic rings. The molecular weight excluding hydrogens is 350 g/mol. The molecule has 1 N–H and O–H groups in total. The van der Waals surface area contributed by atoms with Crippen molar-refractivity contribution in [1.29, 1.82) is 0 Å². The van der Waals surface area contributed by atoms with E-state index in [9.17, 15) is 9.59 Å². The van der Waals surface area contributed by atoms with Crippen molar-refractivity contribution in [2.45, 2.75) is 13.8 Å². The minimum atomic E-state index is -0.565. The van der Waals surface area contributed by atoms with E-state index in [0.29, 0.717) is 10.6 Å². The second-order valence-electron chi connectivity index (χ2n) is 5.69. The number of terminal acetylenes is 1. The number of fused-ring (bicyclic) bond motifs is 1. The zero-order valence-corrected chi connectivity index (χ0v) is 15.2. The first-order chi connectivity index (χ1) is 12.5. The quantitative estimate of drug-likeness (QED) is 0.556. The van der Waals surface area contributed by atoms with Crippen molar-refractivity contribution < 1.29 is 14.3 Å². The summed E-state index contributed by atoms with van der Waals surface area (Å²) in [5.41, 5.74) is 2.62. The van der Waals surface area contributed by atoms with Crippen molar-refractivity contribution in [2.24, 2.45) is 0 Å². The number of carbonyl (C=O) groups is 2. The molecule has 7 heteroatoms. The first kappa shape index (κ1) is 17.7. The summed E-state index contributed by atoms with van der Waals surface area (Å²) in [5, 5.41) is 3.36. The minimum Gasteiger partial charge on any atom is -0.451 e. The van der Waals surface area contributed by atoms with Crippen LogP contribution in [0.3, 0.4) is 0 Å². The smallest absolute Gasteiger partial charge is 0.351 e. The monoisotopic (exact) mass is 367 g/mol. The summed E-state index contributed by atoms with van der Waals surface area (Å²) in [4.78, 5) is 30.0. The van der Waals surface area contributed by atoms with Crippen LogP contribution in [0, 0.1) is 26.2 Å². The number of hydrogen-bond donors (Lipinski definition) is 1. The zero-order valence-electron chi connectivity index (χ0n) is 14.4. The number of nitrogens with one attached hydrogen (secondary N) is 1. The van der Waals surface area contributed by atoms with Crippen LogP contribution in [-0.4, -0.2) is 34.6 Å². The van der Waals surface area contributed by atoms with Gasteiger partial charge in [0.25, 0.3) is 5.91 Å². The van der Waals surface area contributed by atoms with Gasteiger partial charge in [0, 0.05) is 23.5 Å². The van der Waals surface area contributed by atoms with Gasteiger partial charge in [0.15, 0.2) is 6.61 Å². The molecule has 6 nitrogen and oxygen atoms in total. The molecule has 0 radical (unpaired) electrons. The Labute approximate surface area is 154 Å². The highest BCUT2D eigenvalue weighted by Crippen LogP contribution is 2.36. The molecule has 0 spiro atoms. The fraction of sp³-hybridized carbons (Fsp3) is 0.211. The number of amides is 1. The third kappa shape index (κ3) is 3.46. The minimum absolute atomic E-state index is 0.0935. The van der Waals surface area contributed by atoms with E-state index in [1.54, 1.807) is 0 Å². The number of carbonyl (C=O) groups excluding carboxylic acids is 2. The predicted octanol–water partition coefficient (Wildman–Crippen LogP) is 2.61. The second kappa shape index (κ2) is 7.42. The Hall–Kier alpha value is -3.11. The summed E-state index contributed by atoms with van der Waals surface area (Å²) >= 11 is 1.26. The Morgan fingerprint density at radius 1 is 1.35 bits per heavy atom. The first-order valence-corrected chi connectivity index (χ1v) is 8.74. The second-order valence-corrected chi connectivity index (χ2v) is 6.69. The van der Waals surface area contributed by atoms with Gasteiger partial charge in [-0.2, -0.15) is 0 Å². The van der Waals surface area contributed by atoms with E-state index in [1.807, 2.05) is 49.0 Å². The number of hydrogen-bond acceptors (Lipinski definition) is 5. The molecule has 0 fully saturated rings. The SMILES string of the molecule is C#CCNC(=O)COC(=O)c1sc2nc(C)cc(C)c2c1-n1cccc1. The fourth-order valence-corrected chi connectivity index (χ4v) is 3.88. The molecule has 0 aliphatic rings. The number of pyridine rings is 1. The topological polar surface area (TPSA) is 73.2 Å². The Morgan fingerprint density at radius 2 is 2.08 bits per heavy atom. The molecule has 3 heterocycles. The summed E-state index contributed by atoms with van der Waals surface area (Å²) in [6.45, 7) is 3.61. The molecule has 0 aliphatic carbocycles. The van der Waals surface area contributed by atoms with Crippen LogP contribution < -0.4 is 5.32 Å². The molecule has 132 valence electrons. The van der Waals surface area contributed by atoms with E-state index in [4.69, 9.17) is 11.2 Å². The van der Waals surface area contributed by atoms with Gasteiger partial charge < -0.3 is 14.6 Å². The van der Waals surface area contributed by atoms with E-state index in [2.05, 4.69) is 16.2 Å². The predicted molar refractivity (Wildman–Crippen MR) is 101 cm³/mol. The molecular formula is C19H17N3O3S. The molecule has 0 aliphatic heterocycles. The maximum atomic E-state index is 12.6. The van der Waals surface area contributed by atoms with Crippen LogP contribution in [0.15, 0.2) is 30.6 Å². The van der Waals surface area contributed by atoms with Crippen LogP contribution >= 0.6 is 11.3 Å². The van der Waals surface area contributed by atoms with E-state index < -0.39 is 11.9 Å². The highest BCUT2D eigenvalue weighted by atomic mass is 32.1. The molecule has 0 aromatic carbocycles. The maximum absolute atomic E-state index is 12.6. The lowest BCUT2D eigenvalue weighted by Gasteiger charge is -2.08. The van der Waals surface area contributed by atoms with Gasteiger partial charge in [0.1, 0.15) is 9.71 Å². The van der Waals surface area contributed by atoms with E-state index in [1.165, 1.54) is 11.3 Å². The number of aromatic nitrogens is 2. The van der Waals surface area contributed by atoms with Crippen molar-refractivity contribution in [3.8, 4) is 18.0 Å². The normalized spacial score (nSPS) is 10.5. The highest BCUT2D eigenvalue weighted by Gasteiger charge is 2.23. The lowest BCUT2D eigenvalue weighted by Crippen LogP contribution is -2.29. The van der Waals surface area contributed by atoms with Gasteiger partial charge in [-0.25, -0.2) is 9.78 Å². The van der Waals surface area contributed by atoms with E-state index in [-0.39, 0.29) is 13.2 Å². The van der Waals surface area contributed by atoms with Crippen molar-refractivity contribution >= 4 is 33.4 Å². The number of aryl methyl sites for hydroxylation is 2. The number of ether oxygens (including phenoxy) is 1. The van der Waals surface area contributed by atoms with E-state index >= 15 is 0 Å². The number of rotatable bonds is 5. The third-order valence-electron chi connectivity index (χ3n) is 3.73. The standard InChI is InChI=1S/C19H17N3O3S/c1-4-7-20-14(23)11-25-19(24)17-16(22-8-5-6-9-22)15-12(2)10-13(3)21-18(15)26-17/h1,5-6,8-10H,7,11H2,2-3H3,(H,20,23). The largest absolute Gasteiger partial charge is 0.451 e. The lowest BCUT2D eigenvalue weighted by atomic mass is 10.1. The molecule has 0 saturated carbocycles. The Morgan fingerprint density at radius 3 is 2.77 bits per heavy atom. The van der Waals surface area contributed by atoms with Gasteiger partial charge in [-0.1, -0.05) is 5.92 Å². The molecule has 26 heavy (non-hydrogen) atoms.